The van der Waals surface area contributed by atoms with Crippen LogP contribution in [0.2, 0.25) is 0 Å². The molecule has 2 aliphatic heterocycles. The van der Waals surface area contributed by atoms with E-state index in [-0.39, 0.29) is 5.91 Å². The summed E-state index contributed by atoms with van der Waals surface area (Å²) >= 11 is 0. The van der Waals surface area contributed by atoms with Crippen molar-refractivity contribution in [2.75, 3.05) is 23.3 Å². The molecule has 0 bridgehead atoms. The molecule has 0 radical (unpaired) electrons. The molecular formula is C21H22N2O. The van der Waals surface area contributed by atoms with Crippen LogP contribution in [0.25, 0.3) is 16.7 Å². The monoisotopic (exact) mass is 318 g/mol. The molecule has 0 aliphatic carbocycles. The highest BCUT2D eigenvalue weighted by Crippen LogP contribution is 2.37. The summed E-state index contributed by atoms with van der Waals surface area (Å²) in [6.45, 7) is 8.30. The summed E-state index contributed by atoms with van der Waals surface area (Å²) in [4.78, 5) is 14.3. The normalized spacial score (nSPS) is 17.0. The van der Waals surface area contributed by atoms with Gasteiger partial charge in [0.2, 0.25) is 0 Å². The summed E-state index contributed by atoms with van der Waals surface area (Å²) in [7, 11) is 0. The first-order chi connectivity index (χ1) is 11.6. The van der Waals surface area contributed by atoms with Gasteiger partial charge in [0, 0.05) is 35.6 Å². The average Bonchev–Trinajstić information content (AvgIpc) is 2.89. The Labute approximate surface area is 143 Å². The highest BCUT2D eigenvalue weighted by atomic mass is 16.1. The van der Waals surface area contributed by atoms with Gasteiger partial charge in [-0.25, -0.2) is 0 Å². The zero-order valence-electron chi connectivity index (χ0n) is 14.1. The van der Waals surface area contributed by atoms with Crippen LogP contribution in [0.5, 0.6) is 0 Å². The fourth-order valence-electron chi connectivity index (χ4n) is 3.70. The van der Waals surface area contributed by atoms with Crippen molar-refractivity contribution in [3.8, 4) is 11.1 Å². The third-order valence-corrected chi connectivity index (χ3v) is 5.11. The number of nitrogens with one attached hydrogen (secondary N) is 1. The number of carbonyl (C=O) groups excluding carboxylic acids is 1. The molecule has 1 amide bonds. The van der Waals surface area contributed by atoms with Crippen molar-refractivity contribution in [3.05, 3.63) is 54.1 Å². The maximum Gasteiger partial charge on any atom is 0.255 e. The fourth-order valence-corrected chi connectivity index (χ4v) is 3.70. The lowest BCUT2D eigenvalue weighted by Gasteiger charge is -2.29. The van der Waals surface area contributed by atoms with E-state index in [1.54, 1.807) is 0 Å². The summed E-state index contributed by atoms with van der Waals surface area (Å²) in [6.07, 6.45) is 3.92. The van der Waals surface area contributed by atoms with Crippen molar-refractivity contribution in [2.45, 2.75) is 26.2 Å². The minimum absolute atomic E-state index is 0.0954. The van der Waals surface area contributed by atoms with E-state index in [4.69, 9.17) is 0 Å². The SMILES string of the molecule is C=C1C(=O)Nc2cc(C)c(-c3ccc(N4CCCCC4)cc3)cc21. The molecule has 2 heterocycles. The molecule has 3 nitrogen and oxygen atoms in total. The summed E-state index contributed by atoms with van der Waals surface area (Å²) in [6, 6.07) is 12.9. The summed E-state index contributed by atoms with van der Waals surface area (Å²) in [5.74, 6) is -0.0954. The molecular weight excluding hydrogens is 296 g/mol. The van der Waals surface area contributed by atoms with Crippen LogP contribution in [0.1, 0.15) is 30.4 Å². The standard InChI is InChI=1S/C21H22N2O/c1-14-12-20-19(15(2)21(24)22-20)13-18(14)16-6-8-17(9-7-16)23-10-4-3-5-11-23/h6-9,12-13H,2-5,10-11H2,1H3,(H,22,24). The molecule has 0 aromatic heterocycles. The van der Waals surface area contributed by atoms with Gasteiger partial charge in [-0.15, -0.1) is 0 Å². The Hall–Kier alpha value is -2.55. The number of aryl methyl sites for hydroxylation is 1. The van der Waals surface area contributed by atoms with Gasteiger partial charge in [0.25, 0.3) is 5.91 Å². The van der Waals surface area contributed by atoms with E-state index in [9.17, 15) is 4.79 Å². The van der Waals surface area contributed by atoms with Crippen molar-refractivity contribution in [3.63, 3.8) is 0 Å². The van der Waals surface area contributed by atoms with Crippen LogP contribution in [0.15, 0.2) is 43.0 Å². The molecule has 1 N–H and O–H groups in total. The van der Waals surface area contributed by atoms with E-state index in [0.29, 0.717) is 5.57 Å². The van der Waals surface area contributed by atoms with Crippen LogP contribution in [0.3, 0.4) is 0 Å². The van der Waals surface area contributed by atoms with Gasteiger partial charge in [0.05, 0.1) is 0 Å². The van der Waals surface area contributed by atoms with Crippen LogP contribution in [0, 0.1) is 6.92 Å². The first kappa shape index (κ1) is 15.0. The Balaban J connectivity index is 1.67. The van der Waals surface area contributed by atoms with E-state index in [0.717, 1.165) is 35.5 Å². The second-order valence-corrected chi connectivity index (χ2v) is 6.74. The number of rotatable bonds is 2. The topological polar surface area (TPSA) is 32.3 Å². The highest BCUT2D eigenvalue weighted by Gasteiger charge is 2.23. The number of benzene rings is 2. The summed E-state index contributed by atoms with van der Waals surface area (Å²) in [5.41, 5.74) is 7.15. The van der Waals surface area contributed by atoms with E-state index >= 15 is 0 Å². The maximum absolute atomic E-state index is 11.8. The lowest BCUT2D eigenvalue weighted by molar-refractivity contribution is -0.110. The third kappa shape index (κ3) is 2.50. The van der Waals surface area contributed by atoms with Gasteiger partial charge in [-0.05, 0) is 67.1 Å². The zero-order valence-corrected chi connectivity index (χ0v) is 14.1. The van der Waals surface area contributed by atoms with Gasteiger partial charge >= 0.3 is 0 Å². The maximum atomic E-state index is 11.8. The molecule has 2 aromatic carbocycles. The van der Waals surface area contributed by atoms with E-state index in [1.807, 2.05) is 6.07 Å². The lowest BCUT2D eigenvalue weighted by atomic mass is 9.95. The number of carbonyl (C=O) groups is 1. The smallest absolute Gasteiger partial charge is 0.255 e. The third-order valence-electron chi connectivity index (χ3n) is 5.11. The van der Waals surface area contributed by atoms with Crippen molar-refractivity contribution in [1.29, 1.82) is 0 Å². The summed E-state index contributed by atoms with van der Waals surface area (Å²) < 4.78 is 0. The van der Waals surface area contributed by atoms with Gasteiger partial charge in [0.1, 0.15) is 0 Å². The number of piperidine rings is 1. The first-order valence-electron chi connectivity index (χ1n) is 8.64. The molecule has 0 spiro atoms. The second-order valence-electron chi connectivity index (χ2n) is 6.74. The zero-order chi connectivity index (χ0) is 16.7. The van der Waals surface area contributed by atoms with Gasteiger partial charge in [-0.1, -0.05) is 18.7 Å². The minimum atomic E-state index is -0.0954. The quantitative estimate of drug-likeness (QED) is 0.820. The average molecular weight is 318 g/mol. The van der Waals surface area contributed by atoms with Gasteiger partial charge in [-0.3, -0.25) is 4.79 Å². The van der Waals surface area contributed by atoms with Crippen LogP contribution >= 0.6 is 0 Å². The van der Waals surface area contributed by atoms with Crippen molar-refractivity contribution < 1.29 is 4.79 Å². The Kier molecular flexibility index (Phi) is 3.64. The Morgan fingerprint density at radius 3 is 2.42 bits per heavy atom. The lowest BCUT2D eigenvalue weighted by Crippen LogP contribution is -2.29. The van der Waals surface area contributed by atoms with E-state index in [1.165, 1.54) is 30.5 Å². The predicted octanol–water partition coefficient (Wildman–Crippen LogP) is 4.62. The van der Waals surface area contributed by atoms with Crippen LogP contribution in [-0.4, -0.2) is 19.0 Å². The van der Waals surface area contributed by atoms with Crippen molar-refractivity contribution >= 4 is 22.9 Å². The molecule has 0 unspecified atom stereocenters. The molecule has 2 aliphatic rings. The molecule has 24 heavy (non-hydrogen) atoms. The van der Waals surface area contributed by atoms with Crippen LogP contribution in [-0.2, 0) is 4.79 Å². The molecule has 4 rings (SSSR count). The van der Waals surface area contributed by atoms with Gasteiger partial charge in [0.15, 0.2) is 0 Å². The predicted molar refractivity (Wildman–Crippen MR) is 100 cm³/mol. The number of fused-ring (bicyclic) bond motifs is 1. The second kappa shape index (κ2) is 5.82. The van der Waals surface area contributed by atoms with E-state index < -0.39 is 0 Å². The highest BCUT2D eigenvalue weighted by molar-refractivity contribution is 6.31. The number of anilines is 2. The molecule has 122 valence electrons. The number of nitrogens with zero attached hydrogens (tertiary/aromatic N) is 1. The minimum Gasteiger partial charge on any atom is -0.372 e. The molecule has 1 fully saturated rings. The van der Waals surface area contributed by atoms with Crippen LogP contribution in [0.4, 0.5) is 11.4 Å². The molecule has 2 aromatic rings. The first-order valence-corrected chi connectivity index (χ1v) is 8.64. The van der Waals surface area contributed by atoms with Crippen molar-refractivity contribution in [1.82, 2.24) is 0 Å². The van der Waals surface area contributed by atoms with Gasteiger partial charge < -0.3 is 10.2 Å². The molecule has 3 heteroatoms. The van der Waals surface area contributed by atoms with E-state index in [2.05, 4.69) is 54.1 Å². The Morgan fingerprint density at radius 1 is 1.00 bits per heavy atom. The fraction of sp³-hybridized carbons (Fsp3) is 0.286. The number of amides is 1. The Morgan fingerprint density at radius 2 is 1.71 bits per heavy atom. The Bertz CT molecular complexity index is 814. The van der Waals surface area contributed by atoms with Crippen LogP contribution < -0.4 is 10.2 Å². The molecule has 0 atom stereocenters. The molecule has 0 saturated carbocycles. The number of hydrogen-bond acceptors (Lipinski definition) is 2. The van der Waals surface area contributed by atoms with Gasteiger partial charge in [-0.2, -0.15) is 0 Å². The molecule has 1 saturated heterocycles. The van der Waals surface area contributed by atoms with Crippen molar-refractivity contribution in [2.24, 2.45) is 0 Å². The summed E-state index contributed by atoms with van der Waals surface area (Å²) in [5, 5.41) is 2.87. The number of hydrogen-bond donors (Lipinski definition) is 1. The largest absolute Gasteiger partial charge is 0.372 e.